The Morgan fingerprint density at radius 2 is 2.00 bits per heavy atom. The van der Waals surface area contributed by atoms with Crippen molar-refractivity contribution in [3.05, 3.63) is 50.7 Å². The van der Waals surface area contributed by atoms with Crippen LogP contribution in [0.4, 0.5) is 0 Å². The van der Waals surface area contributed by atoms with E-state index in [1.54, 1.807) is 12.3 Å². The summed E-state index contributed by atoms with van der Waals surface area (Å²) >= 11 is 18.4. The molecule has 2 rings (SSSR count). The van der Waals surface area contributed by atoms with E-state index in [0.717, 1.165) is 24.2 Å². The number of hydrogen-bond donors (Lipinski definition) is 1. The minimum atomic E-state index is -0.451. The van der Waals surface area contributed by atoms with Crippen molar-refractivity contribution >= 4 is 34.8 Å². The van der Waals surface area contributed by atoms with Crippen LogP contribution in [0.2, 0.25) is 15.1 Å². The molecular formula is C13H14Cl3N3. The van der Waals surface area contributed by atoms with Gasteiger partial charge in [0.05, 0.1) is 33.0 Å². The average Bonchev–Trinajstić information content (AvgIpc) is 2.74. The van der Waals surface area contributed by atoms with Crippen LogP contribution in [0.25, 0.3) is 0 Å². The first-order valence-corrected chi connectivity index (χ1v) is 7.10. The lowest BCUT2D eigenvalue weighted by atomic mass is 10.0. The second-order valence-electron chi connectivity index (χ2n) is 4.22. The summed E-state index contributed by atoms with van der Waals surface area (Å²) in [5.41, 5.74) is 7.78. The van der Waals surface area contributed by atoms with E-state index in [2.05, 4.69) is 12.0 Å². The molecule has 0 aliphatic heterocycles. The third-order valence-electron chi connectivity index (χ3n) is 2.88. The average molecular weight is 319 g/mol. The van der Waals surface area contributed by atoms with E-state index in [1.165, 1.54) is 0 Å². The fraction of sp³-hybridized carbons (Fsp3) is 0.308. The molecule has 1 unspecified atom stereocenters. The summed E-state index contributed by atoms with van der Waals surface area (Å²) in [4.78, 5) is 0. The van der Waals surface area contributed by atoms with Crippen molar-refractivity contribution in [1.29, 1.82) is 0 Å². The van der Waals surface area contributed by atoms with E-state index in [9.17, 15) is 0 Å². The predicted octanol–water partition coefficient (Wildman–Crippen LogP) is 4.30. The zero-order valence-electron chi connectivity index (χ0n) is 10.4. The fourth-order valence-electron chi connectivity index (χ4n) is 1.98. The standard InChI is InChI=1S/C13H14Cl3N3/c1-2-6-19-13(10(15)7-18-19)12(17)8-4-3-5-9(14)11(8)16/h3-5,7,12H,2,6,17H2,1H3. The van der Waals surface area contributed by atoms with Crippen LogP contribution in [0.15, 0.2) is 24.4 Å². The van der Waals surface area contributed by atoms with Crippen molar-refractivity contribution in [3.8, 4) is 0 Å². The molecule has 0 saturated heterocycles. The van der Waals surface area contributed by atoms with Crippen LogP contribution < -0.4 is 5.73 Å². The maximum absolute atomic E-state index is 6.27. The van der Waals surface area contributed by atoms with Crippen molar-refractivity contribution in [2.45, 2.75) is 25.9 Å². The summed E-state index contributed by atoms with van der Waals surface area (Å²) in [5, 5.41) is 5.71. The molecule has 0 saturated carbocycles. The van der Waals surface area contributed by atoms with Crippen LogP contribution in [0, 0.1) is 0 Å². The van der Waals surface area contributed by atoms with Crippen molar-refractivity contribution in [2.24, 2.45) is 5.73 Å². The molecule has 1 atom stereocenters. The highest BCUT2D eigenvalue weighted by Gasteiger charge is 2.21. The molecule has 0 aliphatic carbocycles. The number of benzene rings is 1. The first-order chi connectivity index (χ1) is 9.06. The van der Waals surface area contributed by atoms with Gasteiger partial charge in [-0.15, -0.1) is 0 Å². The van der Waals surface area contributed by atoms with E-state index in [-0.39, 0.29) is 0 Å². The normalized spacial score (nSPS) is 12.7. The van der Waals surface area contributed by atoms with Crippen LogP contribution in [-0.4, -0.2) is 9.78 Å². The number of hydrogen-bond acceptors (Lipinski definition) is 2. The molecule has 102 valence electrons. The van der Waals surface area contributed by atoms with Crippen LogP contribution in [0.3, 0.4) is 0 Å². The first-order valence-electron chi connectivity index (χ1n) is 5.97. The van der Waals surface area contributed by atoms with Gasteiger partial charge >= 0.3 is 0 Å². The van der Waals surface area contributed by atoms with Crippen molar-refractivity contribution in [2.75, 3.05) is 0 Å². The SMILES string of the molecule is CCCn1ncc(Cl)c1C(N)c1cccc(Cl)c1Cl. The lowest BCUT2D eigenvalue weighted by Gasteiger charge is -2.17. The van der Waals surface area contributed by atoms with Gasteiger partial charge in [-0.25, -0.2) is 0 Å². The third kappa shape index (κ3) is 2.90. The Bertz CT molecular complexity index is 581. The largest absolute Gasteiger partial charge is 0.319 e. The van der Waals surface area contributed by atoms with Gasteiger partial charge in [-0.1, -0.05) is 53.9 Å². The van der Waals surface area contributed by atoms with Gasteiger partial charge in [-0.3, -0.25) is 4.68 Å². The minimum absolute atomic E-state index is 0.451. The smallest absolute Gasteiger partial charge is 0.0837 e. The first kappa shape index (κ1) is 14.7. The molecule has 3 nitrogen and oxygen atoms in total. The van der Waals surface area contributed by atoms with Crippen molar-refractivity contribution < 1.29 is 0 Å². The Hall–Kier alpha value is -0.740. The molecule has 0 aliphatic rings. The van der Waals surface area contributed by atoms with Gasteiger partial charge in [0.25, 0.3) is 0 Å². The maximum Gasteiger partial charge on any atom is 0.0837 e. The van der Waals surface area contributed by atoms with E-state index >= 15 is 0 Å². The molecule has 19 heavy (non-hydrogen) atoms. The number of nitrogens with zero attached hydrogens (tertiary/aromatic N) is 2. The lowest BCUT2D eigenvalue weighted by Crippen LogP contribution is -2.18. The maximum atomic E-state index is 6.27. The van der Waals surface area contributed by atoms with E-state index in [1.807, 2.05) is 16.8 Å². The topological polar surface area (TPSA) is 43.8 Å². The molecule has 1 aromatic heterocycles. The molecular weight excluding hydrogens is 305 g/mol. The van der Waals surface area contributed by atoms with Crippen LogP contribution >= 0.6 is 34.8 Å². The molecule has 6 heteroatoms. The number of aryl methyl sites for hydroxylation is 1. The minimum Gasteiger partial charge on any atom is -0.319 e. The quantitative estimate of drug-likeness (QED) is 0.913. The van der Waals surface area contributed by atoms with Gasteiger partial charge in [0.2, 0.25) is 0 Å². The molecule has 0 amide bonds. The van der Waals surface area contributed by atoms with Gasteiger partial charge in [0.15, 0.2) is 0 Å². The Kier molecular flexibility index (Phi) is 4.74. The van der Waals surface area contributed by atoms with E-state index in [4.69, 9.17) is 40.5 Å². The van der Waals surface area contributed by atoms with Crippen molar-refractivity contribution in [1.82, 2.24) is 9.78 Å². The molecule has 0 radical (unpaired) electrons. The summed E-state index contributed by atoms with van der Waals surface area (Å²) in [6.45, 7) is 2.82. The van der Waals surface area contributed by atoms with Crippen LogP contribution in [0.5, 0.6) is 0 Å². The zero-order chi connectivity index (χ0) is 14.0. The number of halogens is 3. The molecule has 1 heterocycles. The summed E-state index contributed by atoms with van der Waals surface area (Å²) in [6.07, 6.45) is 2.55. The number of aromatic nitrogens is 2. The molecule has 1 aromatic carbocycles. The Morgan fingerprint density at radius 1 is 1.26 bits per heavy atom. The highest BCUT2D eigenvalue weighted by atomic mass is 35.5. The third-order valence-corrected chi connectivity index (χ3v) is 4.00. The van der Waals surface area contributed by atoms with Gasteiger partial charge in [-0.2, -0.15) is 5.10 Å². The molecule has 2 aromatic rings. The van der Waals surface area contributed by atoms with Gasteiger partial charge in [0, 0.05) is 6.54 Å². The fourth-order valence-corrected chi connectivity index (χ4v) is 2.66. The number of rotatable bonds is 4. The molecule has 0 fully saturated rings. The second-order valence-corrected chi connectivity index (χ2v) is 5.41. The molecule has 0 spiro atoms. The van der Waals surface area contributed by atoms with Crippen LogP contribution in [0.1, 0.15) is 30.6 Å². The summed E-state index contributed by atoms with van der Waals surface area (Å²) in [7, 11) is 0. The highest BCUT2D eigenvalue weighted by molar-refractivity contribution is 6.42. The Balaban J connectivity index is 2.46. The van der Waals surface area contributed by atoms with Gasteiger partial charge in [-0.05, 0) is 18.1 Å². The van der Waals surface area contributed by atoms with Gasteiger partial charge in [0.1, 0.15) is 0 Å². The monoisotopic (exact) mass is 317 g/mol. The van der Waals surface area contributed by atoms with Gasteiger partial charge < -0.3 is 5.73 Å². The number of nitrogens with two attached hydrogens (primary N) is 1. The Morgan fingerprint density at radius 3 is 2.68 bits per heavy atom. The molecule has 2 N–H and O–H groups in total. The van der Waals surface area contributed by atoms with E-state index in [0.29, 0.717) is 15.1 Å². The lowest BCUT2D eigenvalue weighted by molar-refractivity contribution is 0.560. The van der Waals surface area contributed by atoms with Crippen LogP contribution in [-0.2, 0) is 6.54 Å². The summed E-state index contributed by atoms with van der Waals surface area (Å²) in [5.74, 6) is 0. The predicted molar refractivity (Wildman–Crippen MR) is 80.0 cm³/mol. The zero-order valence-corrected chi connectivity index (χ0v) is 12.7. The van der Waals surface area contributed by atoms with E-state index < -0.39 is 6.04 Å². The molecule has 0 bridgehead atoms. The summed E-state index contributed by atoms with van der Waals surface area (Å²) < 4.78 is 1.81. The highest BCUT2D eigenvalue weighted by Crippen LogP contribution is 2.34. The Labute approximate surface area is 127 Å². The second kappa shape index (κ2) is 6.14. The summed E-state index contributed by atoms with van der Waals surface area (Å²) in [6, 6.07) is 4.94. The van der Waals surface area contributed by atoms with Crippen molar-refractivity contribution in [3.63, 3.8) is 0 Å².